The Morgan fingerprint density at radius 2 is 2.12 bits per heavy atom. The molecule has 3 aliphatic heterocycles. The van der Waals surface area contributed by atoms with E-state index in [0.29, 0.717) is 19.1 Å². The summed E-state index contributed by atoms with van der Waals surface area (Å²) in [5.41, 5.74) is 2.45. The maximum atomic E-state index is 9.68. The van der Waals surface area contributed by atoms with Crippen LogP contribution in [0.2, 0.25) is 0 Å². The maximum Gasteiger partial charge on any atom is 0.206 e. The largest absolute Gasteiger partial charge is 0.493 e. The van der Waals surface area contributed by atoms with Gasteiger partial charge in [-0.15, -0.1) is 0 Å². The van der Waals surface area contributed by atoms with Crippen molar-refractivity contribution in [2.24, 2.45) is 5.92 Å². The lowest BCUT2D eigenvalue weighted by atomic mass is 9.50. The highest BCUT2D eigenvalue weighted by molar-refractivity contribution is 5.61. The molecule has 0 N–H and O–H groups in total. The number of ether oxygens (including phenoxy) is 4. The highest BCUT2D eigenvalue weighted by atomic mass is 16.8. The van der Waals surface area contributed by atoms with E-state index in [0.717, 1.165) is 43.7 Å². The maximum absolute atomic E-state index is 9.68. The molecule has 5 aliphatic rings. The summed E-state index contributed by atoms with van der Waals surface area (Å²) in [7, 11) is 1.70. The van der Waals surface area contributed by atoms with Crippen LogP contribution in [0.1, 0.15) is 30.4 Å². The number of nitriles is 1. The summed E-state index contributed by atoms with van der Waals surface area (Å²) in [6, 6.07) is 4.40. The molecule has 4 atom stereocenters. The first-order valence-electron chi connectivity index (χ1n) is 9.55. The molecule has 0 radical (unpaired) electrons. The van der Waals surface area contributed by atoms with Gasteiger partial charge in [0.15, 0.2) is 23.8 Å². The molecule has 0 aromatic heterocycles. The third-order valence-corrected chi connectivity index (χ3v) is 7.43. The van der Waals surface area contributed by atoms with Crippen LogP contribution in [0.3, 0.4) is 0 Å². The number of hydrogen-bond donors (Lipinski definition) is 0. The Labute approximate surface area is 152 Å². The predicted octanol–water partition coefficient (Wildman–Crippen LogP) is 1.96. The minimum atomic E-state index is -0.658. The number of methoxy groups -OCH3 is 1. The van der Waals surface area contributed by atoms with E-state index in [4.69, 9.17) is 18.9 Å². The molecular weight excluding hydrogens is 332 g/mol. The lowest BCUT2D eigenvalue weighted by molar-refractivity contribution is -0.260. The van der Waals surface area contributed by atoms with E-state index in [-0.39, 0.29) is 17.6 Å². The zero-order valence-electron chi connectivity index (χ0n) is 14.9. The van der Waals surface area contributed by atoms with Gasteiger partial charge in [-0.2, -0.15) is 5.26 Å². The number of likely N-dealkylation sites (tertiary alicyclic amines) is 1. The summed E-state index contributed by atoms with van der Waals surface area (Å²) in [5.74, 6) is 1.40. The zero-order valence-corrected chi connectivity index (χ0v) is 14.9. The topological polar surface area (TPSA) is 64.0 Å². The lowest BCUT2D eigenvalue weighted by Gasteiger charge is -2.59. The molecular formula is C20H22N2O4. The third kappa shape index (κ3) is 1.52. The number of benzene rings is 1. The van der Waals surface area contributed by atoms with Crippen molar-refractivity contribution in [1.82, 2.24) is 4.90 Å². The summed E-state index contributed by atoms with van der Waals surface area (Å²) in [4.78, 5) is 1.99. The van der Waals surface area contributed by atoms with E-state index >= 15 is 0 Å². The third-order valence-electron chi connectivity index (χ3n) is 7.43. The second-order valence-corrected chi connectivity index (χ2v) is 8.14. The lowest BCUT2D eigenvalue weighted by Crippen LogP contribution is -2.69. The van der Waals surface area contributed by atoms with Crippen molar-refractivity contribution in [1.29, 1.82) is 5.26 Å². The molecule has 6 rings (SSSR count). The minimum Gasteiger partial charge on any atom is -0.493 e. The predicted molar refractivity (Wildman–Crippen MR) is 90.9 cm³/mol. The van der Waals surface area contributed by atoms with E-state index in [9.17, 15) is 5.26 Å². The summed E-state index contributed by atoms with van der Waals surface area (Å²) in [5, 5.41) is 9.68. The average molecular weight is 354 g/mol. The van der Waals surface area contributed by atoms with Crippen molar-refractivity contribution in [3.8, 4) is 17.7 Å². The molecule has 136 valence electrons. The Kier molecular flexibility index (Phi) is 2.82. The molecule has 2 saturated heterocycles. The molecule has 1 aromatic rings. The fraction of sp³-hybridized carbons (Fsp3) is 0.650. The molecule has 0 amide bonds. The van der Waals surface area contributed by atoms with Gasteiger partial charge in [0.05, 0.1) is 20.3 Å². The fourth-order valence-electron chi connectivity index (χ4n) is 6.56. The molecule has 2 spiro atoms. The van der Waals surface area contributed by atoms with Crippen molar-refractivity contribution in [3.05, 3.63) is 23.3 Å². The van der Waals surface area contributed by atoms with Crippen molar-refractivity contribution in [2.45, 2.75) is 49.0 Å². The minimum absolute atomic E-state index is 0.141. The van der Waals surface area contributed by atoms with E-state index in [1.54, 1.807) is 7.11 Å². The first-order valence-corrected chi connectivity index (χ1v) is 9.55. The molecule has 1 aromatic carbocycles. The highest BCUT2D eigenvalue weighted by Crippen LogP contribution is 2.66. The number of hydrogen-bond acceptors (Lipinski definition) is 6. The molecule has 2 aliphatic carbocycles. The number of piperidine rings is 1. The Morgan fingerprint density at radius 1 is 1.27 bits per heavy atom. The fourth-order valence-corrected chi connectivity index (χ4v) is 6.56. The van der Waals surface area contributed by atoms with E-state index in [2.05, 4.69) is 12.3 Å². The van der Waals surface area contributed by atoms with Crippen LogP contribution in [0.5, 0.6) is 11.5 Å². The quantitative estimate of drug-likeness (QED) is 0.719. The second kappa shape index (κ2) is 4.85. The molecule has 3 fully saturated rings. The van der Waals surface area contributed by atoms with Crippen molar-refractivity contribution in [2.75, 3.05) is 26.9 Å². The zero-order chi connectivity index (χ0) is 17.5. The molecule has 2 bridgehead atoms. The van der Waals surface area contributed by atoms with Crippen LogP contribution in [0, 0.1) is 17.4 Å². The van der Waals surface area contributed by atoms with Gasteiger partial charge in [-0.3, -0.25) is 0 Å². The average Bonchev–Trinajstić information content (AvgIpc) is 3.26. The summed E-state index contributed by atoms with van der Waals surface area (Å²) >= 11 is 0. The smallest absolute Gasteiger partial charge is 0.206 e. The molecule has 26 heavy (non-hydrogen) atoms. The summed E-state index contributed by atoms with van der Waals surface area (Å²) < 4.78 is 24.6. The highest BCUT2D eigenvalue weighted by Gasteiger charge is 2.71. The molecule has 6 heteroatoms. The van der Waals surface area contributed by atoms with E-state index in [1.165, 1.54) is 11.1 Å². The molecule has 3 unspecified atom stereocenters. The first kappa shape index (κ1) is 15.1. The SMILES string of the molecule is COc1ccc2c3c1OC1C4(CCC5C(C2)N(C#N)CC[C@@]351)OCCO4. The van der Waals surface area contributed by atoms with Gasteiger partial charge in [0.2, 0.25) is 5.79 Å². The van der Waals surface area contributed by atoms with Gasteiger partial charge < -0.3 is 23.8 Å². The molecule has 3 heterocycles. The van der Waals surface area contributed by atoms with Crippen molar-refractivity contribution in [3.63, 3.8) is 0 Å². The van der Waals surface area contributed by atoms with Crippen LogP contribution < -0.4 is 9.47 Å². The normalized spacial score (nSPS) is 37.8. The Balaban J connectivity index is 1.61. The van der Waals surface area contributed by atoms with Crippen LogP contribution in [0.15, 0.2) is 12.1 Å². The van der Waals surface area contributed by atoms with Gasteiger partial charge in [-0.1, -0.05) is 6.07 Å². The monoisotopic (exact) mass is 354 g/mol. The Bertz CT molecular complexity index is 828. The number of rotatable bonds is 1. The first-order chi connectivity index (χ1) is 12.7. The van der Waals surface area contributed by atoms with Gasteiger partial charge in [0.25, 0.3) is 0 Å². The molecule has 6 nitrogen and oxygen atoms in total. The second-order valence-electron chi connectivity index (χ2n) is 8.14. The van der Waals surface area contributed by atoms with Gasteiger partial charge in [-0.05, 0) is 36.8 Å². The van der Waals surface area contributed by atoms with Crippen molar-refractivity contribution < 1.29 is 18.9 Å². The number of fused-ring (bicyclic) bond motifs is 1. The molecule has 1 saturated carbocycles. The Hall–Kier alpha value is -1.97. The van der Waals surface area contributed by atoms with Crippen molar-refractivity contribution >= 4 is 0 Å². The Morgan fingerprint density at radius 3 is 2.88 bits per heavy atom. The van der Waals surface area contributed by atoms with Gasteiger partial charge in [0, 0.05) is 30.0 Å². The van der Waals surface area contributed by atoms with Crippen LogP contribution in [-0.4, -0.2) is 49.7 Å². The van der Waals surface area contributed by atoms with Gasteiger partial charge in [-0.25, -0.2) is 0 Å². The summed E-state index contributed by atoms with van der Waals surface area (Å²) in [6.07, 6.45) is 5.90. The van der Waals surface area contributed by atoms with Crippen LogP contribution in [0.4, 0.5) is 0 Å². The summed E-state index contributed by atoms with van der Waals surface area (Å²) in [6.45, 7) is 2.01. The van der Waals surface area contributed by atoms with Gasteiger partial charge in [0.1, 0.15) is 0 Å². The van der Waals surface area contributed by atoms with Crippen LogP contribution >= 0.6 is 0 Å². The van der Waals surface area contributed by atoms with E-state index in [1.807, 2.05) is 11.0 Å². The van der Waals surface area contributed by atoms with Gasteiger partial charge >= 0.3 is 0 Å². The van der Waals surface area contributed by atoms with Crippen LogP contribution in [0.25, 0.3) is 0 Å². The standard InChI is InChI=1S/C20H22N2O4/c1-23-15-3-2-12-10-14-13-4-5-20(24-8-9-25-20)18-19(13,6-7-22(14)11-21)16(12)17(15)26-18/h2-3,13-14,18H,4-10H2,1H3/t13?,14?,18?,19-/m0/s1. The van der Waals surface area contributed by atoms with E-state index < -0.39 is 5.79 Å². The van der Waals surface area contributed by atoms with Crippen LogP contribution in [-0.2, 0) is 21.3 Å². The number of nitrogens with zero attached hydrogens (tertiary/aromatic N) is 2.